The molecule has 0 aliphatic carbocycles. The summed E-state index contributed by atoms with van der Waals surface area (Å²) in [7, 11) is 0. The van der Waals surface area contributed by atoms with E-state index in [0.29, 0.717) is 11.4 Å². The molecule has 0 aromatic heterocycles. The van der Waals surface area contributed by atoms with Crippen molar-refractivity contribution in [3.05, 3.63) is 112 Å². The van der Waals surface area contributed by atoms with E-state index in [1.54, 1.807) is 0 Å². The largest absolute Gasteiger partial charge is 0.388 e. The van der Waals surface area contributed by atoms with Crippen molar-refractivity contribution >= 4 is 44.0 Å². The van der Waals surface area contributed by atoms with E-state index in [0.717, 1.165) is 26.7 Å². The average molecular weight is 467 g/mol. The van der Waals surface area contributed by atoms with Crippen molar-refractivity contribution in [1.29, 1.82) is 0 Å². The van der Waals surface area contributed by atoms with E-state index in [1.807, 2.05) is 66.7 Å². The molecule has 4 heteroatoms. The van der Waals surface area contributed by atoms with Gasteiger partial charge in [-0.2, -0.15) is 0 Å². The van der Waals surface area contributed by atoms with Crippen molar-refractivity contribution in [2.24, 2.45) is 0 Å². The van der Waals surface area contributed by atoms with Gasteiger partial charge in [0.25, 0.3) is 0 Å². The topological polar surface area (TPSA) is 32.3 Å². The van der Waals surface area contributed by atoms with Gasteiger partial charge in [-0.25, -0.2) is 0 Å². The molecule has 2 unspecified atom stereocenters. The van der Waals surface area contributed by atoms with E-state index in [-0.39, 0.29) is 6.04 Å². The Hall–Kier alpha value is -2.33. The zero-order valence-corrected chi connectivity index (χ0v) is 18.1. The fraction of sp³-hybridized carbons (Fsp3) is 0.120. The van der Waals surface area contributed by atoms with Crippen LogP contribution in [0.1, 0.15) is 29.7 Å². The summed E-state index contributed by atoms with van der Waals surface area (Å²) in [5, 5.41) is 17.6. The van der Waals surface area contributed by atoms with E-state index in [4.69, 9.17) is 11.6 Å². The molecule has 0 aliphatic heterocycles. The van der Waals surface area contributed by atoms with Crippen LogP contribution in [-0.4, -0.2) is 5.11 Å². The normalized spacial score (nSPS) is 13.2. The Morgan fingerprint density at radius 1 is 0.793 bits per heavy atom. The molecule has 0 heterocycles. The predicted octanol–water partition coefficient (Wildman–Crippen LogP) is 7.53. The average Bonchev–Trinajstić information content (AvgIpc) is 2.75. The number of hydrogen-bond donors (Lipinski definition) is 2. The van der Waals surface area contributed by atoms with Crippen LogP contribution in [0.25, 0.3) is 10.8 Å². The molecular formula is C25H21BrClNO. The lowest BCUT2D eigenvalue weighted by Crippen LogP contribution is -2.15. The van der Waals surface area contributed by atoms with Crippen molar-refractivity contribution in [3.8, 4) is 0 Å². The molecule has 0 aliphatic rings. The number of benzene rings is 4. The highest BCUT2D eigenvalue weighted by atomic mass is 79.9. The molecular weight excluding hydrogens is 446 g/mol. The minimum Gasteiger partial charge on any atom is -0.388 e. The zero-order chi connectivity index (χ0) is 20.2. The lowest BCUT2D eigenvalue weighted by atomic mass is 9.95. The Labute approximate surface area is 184 Å². The van der Waals surface area contributed by atoms with Crippen LogP contribution in [0.3, 0.4) is 0 Å². The molecule has 146 valence electrons. The van der Waals surface area contributed by atoms with E-state index in [9.17, 15) is 5.11 Å². The second-order valence-electron chi connectivity index (χ2n) is 7.11. The van der Waals surface area contributed by atoms with E-state index < -0.39 is 6.10 Å². The minimum atomic E-state index is -0.594. The van der Waals surface area contributed by atoms with Gasteiger partial charge in [-0.1, -0.05) is 76.1 Å². The lowest BCUT2D eigenvalue weighted by molar-refractivity contribution is 0.161. The third-order valence-electron chi connectivity index (χ3n) is 5.07. The van der Waals surface area contributed by atoms with Gasteiger partial charge in [-0.3, -0.25) is 0 Å². The SMILES string of the molecule is OC(CC(Nc1ccc(Br)cc1)c1ccc(Cl)cc1)c1ccc2ccccc2c1. The van der Waals surface area contributed by atoms with Crippen molar-refractivity contribution in [3.63, 3.8) is 0 Å². The number of nitrogens with one attached hydrogen (secondary N) is 1. The van der Waals surface area contributed by atoms with Crippen molar-refractivity contribution in [1.82, 2.24) is 0 Å². The molecule has 0 amide bonds. The standard InChI is InChI=1S/C25H21BrClNO/c26-21-9-13-23(14-10-21)28-24(18-7-11-22(27)12-8-18)16-25(29)20-6-5-17-3-1-2-4-19(17)15-20/h1-15,24-25,28-29H,16H2. The van der Waals surface area contributed by atoms with E-state index in [2.05, 4.69) is 45.5 Å². The number of hydrogen-bond acceptors (Lipinski definition) is 2. The van der Waals surface area contributed by atoms with Gasteiger partial charge >= 0.3 is 0 Å². The summed E-state index contributed by atoms with van der Waals surface area (Å²) in [6.45, 7) is 0. The summed E-state index contributed by atoms with van der Waals surface area (Å²) < 4.78 is 1.03. The van der Waals surface area contributed by atoms with Crippen LogP contribution in [-0.2, 0) is 0 Å². The van der Waals surface area contributed by atoms with Crippen LogP contribution >= 0.6 is 27.5 Å². The molecule has 0 spiro atoms. The number of aliphatic hydroxyl groups is 1. The van der Waals surface area contributed by atoms with Crippen LogP contribution in [0.15, 0.2) is 95.5 Å². The predicted molar refractivity (Wildman–Crippen MR) is 125 cm³/mol. The van der Waals surface area contributed by atoms with E-state index >= 15 is 0 Å². The Kier molecular flexibility index (Phi) is 6.19. The number of halogens is 2. The van der Waals surface area contributed by atoms with Crippen LogP contribution in [0.2, 0.25) is 5.02 Å². The van der Waals surface area contributed by atoms with E-state index in [1.165, 1.54) is 5.39 Å². The van der Waals surface area contributed by atoms with Gasteiger partial charge in [0.1, 0.15) is 0 Å². The van der Waals surface area contributed by atoms with Crippen molar-refractivity contribution in [2.75, 3.05) is 5.32 Å². The van der Waals surface area contributed by atoms with Crippen LogP contribution in [0.4, 0.5) is 5.69 Å². The minimum absolute atomic E-state index is 0.0603. The summed E-state index contributed by atoms with van der Waals surface area (Å²) in [4.78, 5) is 0. The van der Waals surface area contributed by atoms with Gasteiger partial charge in [0.05, 0.1) is 12.1 Å². The second-order valence-corrected chi connectivity index (χ2v) is 8.47. The molecule has 2 nitrogen and oxygen atoms in total. The number of rotatable bonds is 6. The summed E-state index contributed by atoms with van der Waals surface area (Å²) in [6.07, 6.45) is -0.0565. The molecule has 0 bridgehead atoms. The van der Waals surface area contributed by atoms with Crippen LogP contribution in [0, 0.1) is 0 Å². The summed E-state index contributed by atoms with van der Waals surface area (Å²) in [5.41, 5.74) is 3.00. The first-order chi connectivity index (χ1) is 14.1. The Morgan fingerprint density at radius 3 is 2.17 bits per heavy atom. The fourth-order valence-electron chi connectivity index (χ4n) is 3.50. The molecule has 4 aromatic rings. The summed E-state index contributed by atoms with van der Waals surface area (Å²) in [6, 6.07) is 30.1. The zero-order valence-electron chi connectivity index (χ0n) is 15.7. The molecule has 2 N–H and O–H groups in total. The fourth-order valence-corrected chi connectivity index (χ4v) is 3.89. The monoisotopic (exact) mass is 465 g/mol. The molecule has 0 fully saturated rings. The first kappa shape index (κ1) is 20.0. The molecule has 0 saturated heterocycles. The quantitative estimate of drug-likeness (QED) is 0.308. The van der Waals surface area contributed by atoms with Crippen molar-refractivity contribution < 1.29 is 5.11 Å². The highest BCUT2D eigenvalue weighted by Crippen LogP contribution is 2.32. The van der Waals surface area contributed by atoms with Gasteiger partial charge in [0.2, 0.25) is 0 Å². The Morgan fingerprint density at radius 2 is 1.45 bits per heavy atom. The first-order valence-corrected chi connectivity index (χ1v) is 10.7. The summed E-state index contributed by atoms with van der Waals surface area (Å²) in [5.74, 6) is 0. The molecule has 0 saturated carbocycles. The van der Waals surface area contributed by atoms with Crippen LogP contribution in [0.5, 0.6) is 0 Å². The Bertz CT molecular complexity index is 1100. The maximum atomic E-state index is 11.0. The van der Waals surface area contributed by atoms with Gasteiger partial charge in [0.15, 0.2) is 0 Å². The molecule has 4 rings (SSSR count). The lowest BCUT2D eigenvalue weighted by Gasteiger charge is -2.24. The molecule has 0 radical (unpaired) electrons. The van der Waals surface area contributed by atoms with Gasteiger partial charge in [0, 0.05) is 21.6 Å². The van der Waals surface area contributed by atoms with Crippen molar-refractivity contribution in [2.45, 2.75) is 18.6 Å². The maximum Gasteiger partial charge on any atom is 0.0813 e. The number of fused-ring (bicyclic) bond motifs is 1. The summed E-state index contributed by atoms with van der Waals surface area (Å²) >= 11 is 9.55. The third kappa shape index (κ3) is 4.99. The van der Waals surface area contributed by atoms with Crippen LogP contribution < -0.4 is 5.32 Å². The third-order valence-corrected chi connectivity index (χ3v) is 5.86. The smallest absolute Gasteiger partial charge is 0.0813 e. The Balaban J connectivity index is 1.60. The first-order valence-electron chi connectivity index (χ1n) is 9.53. The maximum absolute atomic E-state index is 11.0. The van der Waals surface area contributed by atoms with Gasteiger partial charge in [-0.05, 0) is 64.4 Å². The molecule has 29 heavy (non-hydrogen) atoms. The number of anilines is 1. The number of aliphatic hydroxyl groups excluding tert-OH is 1. The molecule has 4 aromatic carbocycles. The van der Waals surface area contributed by atoms with Gasteiger partial charge < -0.3 is 10.4 Å². The highest BCUT2D eigenvalue weighted by Gasteiger charge is 2.18. The second kappa shape index (κ2) is 9.00. The van der Waals surface area contributed by atoms with Gasteiger partial charge in [-0.15, -0.1) is 0 Å². The highest BCUT2D eigenvalue weighted by molar-refractivity contribution is 9.10. The molecule has 2 atom stereocenters.